The maximum atomic E-state index is 12.5. The van der Waals surface area contributed by atoms with E-state index < -0.39 is 0 Å². The second-order valence-corrected chi connectivity index (χ2v) is 8.85. The number of anilines is 2. The lowest BCUT2D eigenvalue weighted by molar-refractivity contribution is 0.0955. The monoisotopic (exact) mass is 520 g/mol. The van der Waals surface area contributed by atoms with E-state index in [1.165, 1.54) is 17.6 Å². The number of benzene rings is 3. The molecule has 1 aromatic heterocycles. The van der Waals surface area contributed by atoms with Gasteiger partial charge in [0.1, 0.15) is 12.4 Å². The molecule has 9 heteroatoms. The maximum Gasteiger partial charge on any atom is 0.271 e. The van der Waals surface area contributed by atoms with Gasteiger partial charge in [0, 0.05) is 37.8 Å². The molecule has 174 valence electrons. The van der Waals surface area contributed by atoms with E-state index in [-0.39, 0.29) is 12.5 Å². The summed E-state index contributed by atoms with van der Waals surface area (Å²) in [6.45, 7) is 0.110. The van der Waals surface area contributed by atoms with Crippen molar-refractivity contribution in [1.82, 2.24) is 10.4 Å². The highest BCUT2D eigenvalue weighted by Gasteiger charge is 2.09. The molecule has 3 aromatic carbocycles. The molecular formula is C26H18Cl2N4O2S. The number of carbonyl (C=O) groups excluding carboxylic acids is 1. The zero-order valence-electron chi connectivity index (χ0n) is 18.2. The molecule has 0 atom stereocenters. The fourth-order valence-corrected chi connectivity index (χ4v) is 4.06. The van der Waals surface area contributed by atoms with Gasteiger partial charge in [0.25, 0.3) is 5.91 Å². The summed E-state index contributed by atoms with van der Waals surface area (Å²) < 4.78 is 5.46. The first kappa shape index (κ1) is 24.3. The Kier molecular flexibility index (Phi) is 8.01. The van der Waals surface area contributed by atoms with Gasteiger partial charge in [-0.3, -0.25) is 4.79 Å². The van der Waals surface area contributed by atoms with E-state index in [0.29, 0.717) is 26.9 Å². The van der Waals surface area contributed by atoms with Gasteiger partial charge >= 0.3 is 0 Å². The van der Waals surface area contributed by atoms with Gasteiger partial charge < -0.3 is 10.1 Å². The summed E-state index contributed by atoms with van der Waals surface area (Å²) in [6.07, 6.45) is 6.70. The van der Waals surface area contributed by atoms with Crippen LogP contribution in [0.5, 0.6) is 5.75 Å². The number of rotatable bonds is 8. The Balaban J connectivity index is 1.38. The largest absolute Gasteiger partial charge is 0.480 e. The van der Waals surface area contributed by atoms with Gasteiger partial charge in [-0.15, -0.1) is 17.8 Å². The zero-order chi connectivity index (χ0) is 24.6. The van der Waals surface area contributed by atoms with Crippen LogP contribution in [0.3, 0.4) is 0 Å². The topological polar surface area (TPSA) is 75.6 Å². The number of nitrogens with zero attached hydrogens (tertiary/aromatic N) is 2. The van der Waals surface area contributed by atoms with Gasteiger partial charge in [0.15, 0.2) is 5.13 Å². The summed E-state index contributed by atoms with van der Waals surface area (Å²) in [5.41, 5.74) is 6.14. The molecule has 0 bridgehead atoms. The van der Waals surface area contributed by atoms with Crippen LogP contribution in [-0.2, 0) is 0 Å². The van der Waals surface area contributed by atoms with Crippen molar-refractivity contribution in [2.45, 2.75) is 0 Å². The Morgan fingerprint density at radius 1 is 1.09 bits per heavy atom. The van der Waals surface area contributed by atoms with Gasteiger partial charge in [0.05, 0.1) is 11.9 Å². The molecule has 1 heterocycles. The molecular weight excluding hydrogens is 503 g/mol. The van der Waals surface area contributed by atoms with E-state index in [0.717, 1.165) is 22.1 Å². The third-order valence-corrected chi connectivity index (χ3v) is 5.94. The molecule has 0 saturated carbocycles. The van der Waals surface area contributed by atoms with Crippen molar-refractivity contribution in [3.63, 3.8) is 0 Å². The molecule has 0 aliphatic heterocycles. The fraction of sp³-hybridized carbons (Fsp3) is 0.0385. The Hall–Kier alpha value is -3.83. The van der Waals surface area contributed by atoms with Gasteiger partial charge in [-0.05, 0) is 54.6 Å². The molecule has 4 rings (SSSR count). The number of nitrogens with one attached hydrogen (secondary N) is 2. The van der Waals surface area contributed by atoms with Crippen LogP contribution in [0, 0.1) is 12.3 Å². The van der Waals surface area contributed by atoms with Crippen LogP contribution in [0.1, 0.15) is 15.9 Å². The second kappa shape index (κ2) is 11.5. The van der Waals surface area contributed by atoms with E-state index >= 15 is 0 Å². The van der Waals surface area contributed by atoms with Gasteiger partial charge in [0.2, 0.25) is 0 Å². The Labute approximate surface area is 216 Å². The Morgan fingerprint density at radius 2 is 1.83 bits per heavy atom. The second-order valence-electron chi connectivity index (χ2n) is 7.12. The summed E-state index contributed by atoms with van der Waals surface area (Å²) in [5, 5.41) is 11.1. The van der Waals surface area contributed by atoms with E-state index in [4.69, 9.17) is 34.4 Å². The van der Waals surface area contributed by atoms with Crippen LogP contribution < -0.4 is 15.5 Å². The lowest BCUT2D eigenvalue weighted by atomic mass is 10.1. The molecule has 1 amide bonds. The molecule has 0 aliphatic rings. The molecule has 0 aliphatic carbocycles. The first-order valence-corrected chi connectivity index (χ1v) is 11.9. The van der Waals surface area contributed by atoms with Crippen molar-refractivity contribution in [3.05, 3.63) is 93.3 Å². The molecule has 35 heavy (non-hydrogen) atoms. The first-order chi connectivity index (χ1) is 17.0. The molecule has 0 fully saturated rings. The quantitative estimate of drug-likeness (QED) is 0.155. The number of amides is 1. The third kappa shape index (κ3) is 6.61. The lowest BCUT2D eigenvalue weighted by Crippen LogP contribution is -2.17. The number of aromatic nitrogens is 1. The number of hydrogen-bond donors (Lipinski definition) is 2. The van der Waals surface area contributed by atoms with Gasteiger partial charge in [-0.2, -0.15) is 5.10 Å². The van der Waals surface area contributed by atoms with E-state index in [1.807, 2.05) is 41.8 Å². The van der Waals surface area contributed by atoms with Crippen LogP contribution >= 0.6 is 34.5 Å². The number of carbonyl (C=O) groups is 1. The number of thiazole rings is 1. The highest BCUT2D eigenvalue weighted by atomic mass is 35.5. The first-order valence-electron chi connectivity index (χ1n) is 10.3. The lowest BCUT2D eigenvalue weighted by Gasteiger charge is -2.06. The Morgan fingerprint density at radius 3 is 2.57 bits per heavy atom. The van der Waals surface area contributed by atoms with E-state index in [9.17, 15) is 4.79 Å². The molecule has 2 N–H and O–H groups in total. The zero-order valence-corrected chi connectivity index (χ0v) is 20.5. The van der Waals surface area contributed by atoms with Gasteiger partial charge in [-0.25, -0.2) is 10.4 Å². The molecule has 4 aromatic rings. The minimum Gasteiger partial charge on any atom is -0.480 e. The number of ether oxygens (including phenoxy) is 1. The summed E-state index contributed by atoms with van der Waals surface area (Å²) in [4.78, 5) is 17.1. The van der Waals surface area contributed by atoms with Gasteiger partial charge in [-0.1, -0.05) is 41.3 Å². The molecule has 0 radical (unpaired) electrons. The van der Waals surface area contributed by atoms with Crippen molar-refractivity contribution in [2.24, 2.45) is 5.10 Å². The summed E-state index contributed by atoms with van der Waals surface area (Å²) in [6, 6.07) is 19.5. The standard InChI is InChI=1S/C26H18Cl2N4O2S/c1-2-13-34-24-12-9-21(28)14-19(24)15-29-32-25(33)18-5-3-17(4-6-18)23-16-35-26(31-23)30-22-10-7-20(27)8-11-22/h1,3-12,14-16H,13H2,(H,30,31)(H,32,33)/b29-15-. The van der Waals surface area contributed by atoms with Crippen molar-refractivity contribution in [2.75, 3.05) is 11.9 Å². The van der Waals surface area contributed by atoms with E-state index in [1.54, 1.807) is 30.3 Å². The third-order valence-electron chi connectivity index (χ3n) is 4.70. The molecule has 6 nitrogen and oxygen atoms in total. The molecule has 0 unspecified atom stereocenters. The smallest absolute Gasteiger partial charge is 0.271 e. The number of halogens is 2. The van der Waals surface area contributed by atoms with Crippen molar-refractivity contribution >= 4 is 57.5 Å². The van der Waals surface area contributed by atoms with Crippen LogP contribution in [0.15, 0.2) is 77.2 Å². The van der Waals surface area contributed by atoms with Crippen LogP contribution in [0.4, 0.5) is 10.8 Å². The van der Waals surface area contributed by atoms with Crippen LogP contribution in [-0.4, -0.2) is 23.7 Å². The average Bonchev–Trinajstić information content (AvgIpc) is 3.33. The van der Waals surface area contributed by atoms with Crippen molar-refractivity contribution < 1.29 is 9.53 Å². The summed E-state index contributed by atoms with van der Waals surface area (Å²) in [7, 11) is 0. The fourth-order valence-electron chi connectivity index (χ4n) is 3.01. The maximum absolute atomic E-state index is 12.5. The van der Waals surface area contributed by atoms with Crippen LogP contribution in [0.2, 0.25) is 10.0 Å². The number of hydrazone groups is 1. The average molecular weight is 521 g/mol. The predicted molar refractivity (Wildman–Crippen MR) is 143 cm³/mol. The van der Waals surface area contributed by atoms with E-state index in [2.05, 4.69) is 26.7 Å². The molecule has 0 saturated heterocycles. The molecule has 0 spiro atoms. The van der Waals surface area contributed by atoms with Crippen LogP contribution in [0.25, 0.3) is 11.3 Å². The minimum absolute atomic E-state index is 0.110. The van der Waals surface area contributed by atoms with Crippen molar-refractivity contribution in [3.8, 4) is 29.4 Å². The number of terminal acetylenes is 1. The normalized spacial score (nSPS) is 10.7. The summed E-state index contributed by atoms with van der Waals surface area (Å²) >= 11 is 13.5. The SMILES string of the molecule is C#CCOc1ccc(Cl)cc1/C=N\NC(=O)c1ccc(-c2csc(Nc3ccc(Cl)cc3)n2)cc1. The summed E-state index contributed by atoms with van der Waals surface area (Å²) in [5.74, 6) is 2.56. The van der Waals surface area contributed by atoms with Crippen molar-refractivity contribution in [1.29, 1.82) is 0 Å². The predicted octanol–water partition coefficient (Wildman–Crippen LogP) is 6.64. The highest BCUT2D eigenvalue weighted by Crippen LogP contribution is 2.28. The highest BCUT2D eigenvalue weighted by molar-refractivity contribution is 7.14. The minimum atomic E-state index is -0.357. The number of hydrogen-bond acceptors (Lipinski definition) is 6. The Bertz CT molecular complexity index is 1390.